The predicted molar refractivity (Wildman–Crippen MR) is 90.2 cm³/mol. The van der Waals surface area contributed by atoms with Crippen LogP contribution in [0.4, 0.5) is 4.79 Å². The first-order chi connectivity index (χ1) is 12.2. The van der Waals surface area contributed by atoms with Crippen molar-refractivity contribution in [3.63, 3.8) is 0 Å². The average molecular weight is 346 g/mol. The first-order valence-corrected chi connectivity index (χ1v) is 8.12. The number of β-amino-alcohol motifs (C(OH)–C–C–N with tert-alkyl or cyclic N) is 1. The molecule has 0 bridgehead atoms. The number of hydrogen-bond acceptors (Lipinski definition) is 6. The molecule has 1 aromatic heterocycles. The predicted octanol–water partition coefficient (Wildman–Crippen LogP) is 0.589. The number of aromatic amines is 1. The molecule has 8 heteroatoms. The number of hydrogen-bond donors (Lipinski definition) is 4. The quantitative estimate of drug-likeness (QED) is 0.610. The van der Waals surface area contributed by atoms with Gasteiger partial charge in [0.25, 0.3) is 0 Å². The summed E-state index contributed by atoms with van der Waals surface area (Å²) in [5.41, 5.74) is 1.77. The third-order valence-electron chi connectivity index (χ3n) is 4.19. The molecule has 25 heavy (non-hydrogen) atoms. The smallest absolute Gasteiger partial charge is 0.407 e. The highest BCUT2D eigenvalue weighted by atomic mass is 16.6. The molecule has 0 radical (unpaired) electrons. The van der Waals surface area contributed by atoms with Crippen LogP contribution in [0.25, 0.3) is 0 Å². The number of ether oxygens (including phenoxy) is 2. The van der Waals surface area contributed by atoms with E-state index in [-0.39, 0.29) is 12.6 Å². The molecule has 134 valence electrons. The van der Waals surface area contributed by atoms with Gasteiger partial charge in [-0.3, -0.25) is 0 Å². The van der Waals surface area contributed by atoms with Gasteiger partial charge < -0.3 is 30.2 Å². The molecule has 4 N–H and O–H groups in total. The number of aliphatic hydroxyl groups is 1. The standard InChI is InChI=1S/C17H22N4O4/c1-24-13-4-2-11(3-5-13)6-14-16(15(22)9-19-14)25-17(23)20-8-12-7-18-10-21-12/h2-5,7,10,14-16,19,22H,6,8-9H2,1H3,(H,18,21)(H,20,23)/t14-,15+,16+/m1/s1. The lowest BCUT2D eigenvalue weighted by Crippen LogP contribution is -2.41. The summed E-state index contributed by atoms with van der Waals surface area (Å²) >= 11 is 0. The summed E-state index contributed by atoms with van der Waals surface area (Å²) in [6, 6.07) is 7.53. The van der Waals surface area contributed by atoms with Crippen LogP contribution in [0.2, 0.25) is 0 Å². The van der Waals surface area contributed by atoms with Crippen molar-refractivity contribution in [2.75, 3.05) is 13.7 Å². The molecule has 0 aliphatic carbocycles. The minimum atomic E-state index is -0.737. The summed E-state index contributed by atoms with van der Waals surface area (Å²) in [4.78, 5) is 18.8. The maximum atomic E-state index is 12.0. The third-order valence-corrected chi connectivity index (χ3v) is 4.19. The second-order valence-electron chi connectivity index (χ2n) is 5.92. The maximum absolute atomic E-state index is 12.0. The first kappa shape index (κ1) is 17.2. The highest BCUT2D eigenvalue weighted by molar-refractivity contribution is 5.67. The fraction of sp³-hybridized carbons (Fsp3) is 0.412. The summed E-state index contributed by atoms with van der Waals surface area (Å²) in [7, 11) is 1.62. The van der Waals surface area contributed by atoms with Crippen LogP contribution in [0.15, 0.2) is 36.8 Å². The van der Waals surface area contributed by atoms with Crippen molar-refractivity contribution in [1.29, 1.82) is 0 Å². The Bertz CT molecular complexity index is 674. The molecule has 1 amide bonds. The van der Waals surface area contributed by atoms with Gasteiger partial charge in [0.1, 0.15) is 18.0 Å². The zero-order valence-corrected chi connectivity index (χ0v) is 13.9. The molecule has 0 unspecified atom stereocenters. The minimum absolute atomic E-state index is 0.153. The molecular weight excluding hydrogens is 324 g/mol. The molecular formula is C17H22N4O4. The van der Waals surface area contributed by atoms with Gasteiger partial charge in [0.2, 0.25) is 0 Å². The van der Waals surface area contributed by atoms with E-state index in [1.54, 1.807) is 13.3 Å². The number of imidazole rings is 1. The van der Waals surface area contributed by atoms with Crippen molar-refractivity contribution >= 4 is 6.09 Å². The van der Waals surface area contributed by atoms with E-state index in [1.165, 1.54) is 6.33 Å². The largest absolute Gasteiger partial charge is 0.497 e. The Kier molecular flexibility index (Phi) is 5.52. The molecule has 3 rings (SSSR count). The van der Waals surface area contributed by atoms with Crippen molar-refractivity contribution in [2.45, 2.75) is 31.2 Å². The Morgan fingerprint density at radius 1 is 1.40 bits per heavy atom. The maximum Gasteiger partial charge on any atom is 0.407 e. The highest BCUT2D eigenvalue weighted by Crippen LogP contribution is 2.19. The molecule has 1 aromatic carbocycles. The van der Waals surface area contributed by atoms with Gasteiger partial charge in [0.15, 0.2) is 0 Å². The van der Waals surface area contributed by atoms with Gasteiger partial charge in [-0.25, -0.2) is 9.78 Å². The first-order valence-electron chi connectivity index (χ1n) is 8.12. The normalized spacial score (nSPS) is 22.6. The zero-order valence-electron chi connectivity index (χ0n) is 13.9. The van der Waals surface area contributed by atoms with E-state index in [0.29, 0.717) is 18.7 Å². The lowest BCUT2D eigenvalue weighted by molar-refractivity contribution is 0.0187. The monoisotopic (exact) mass is 346 g/mol. The van der Waals surface area contributed by atoms with Crippen LogP contribution in [0.3, 0.4) is 0 Å². The summed E-state index contributed by atoms with van der Waals surface area (Å²) < 4.78 is 10.6. The van der Waals surface area contributed by atoms with Gasteiger partial charge >= 0.3 is 6.09 Å². The van der Waals surface area contributed by atoms with Crippen molar-refractivity contribution in [1.82, 2.24) is 20.6 Å². The van der Waals surface area contributed by atoms with Crippen LogP contribution in [-0.4, -0.2) is 53.1 Å². The Hall–Kier alpha value is -2.58. The van der Waals surface area contributed by atoms with E-state index >= 15 is 0 Å². The second-order valence-corrected chi connectivity index (χ2v) is 5.92. The number of alkyl carbamates (subject to hydrolysis) is 1. The molecule has 8 nitrogen and oxygen atoms in total. The molecule has 1 fully saturated rings. The summed E-state index contributed by atoms with van der Waals surface area (Å²) in [6.07, 6.45) is 1.95. The van der Waals surface area contributed by atoms with E-state index in [4.69, 9.17) is 9.47 Å². The number of carbonyl (C=O) groups excluding carboxylic acids is 1. The number of benzene rings is 1. The van der Waals surface area contributed by atoms with Crippen LogP contribution < -0.4 is 15.4 Å². The Labute approximate surface area is 145 Å². The summed E-state index contributed by atoms with van der Waals surface area (Å²) in [5, 5.41) is 16.0. The van der Waals surface area contributed by atoms with E-state index < -0.39 is 18.3 Å². The van der Waals surface area contributed by atoms with Crippen LogP contribution >= 0.6 is 0 Å². The Morgan fingerprint density at radius 2 is 2.20 bits per heavy atom. The molecule has 1 aliphatic rings. The minimum Gasteiger partial charge on any atom is -0.497 e. The molecule has 1 aliphatic heterocycles. The van der Waals surface area contributed by atoms with Crippen LogP contribution in [0.1, 0.15) is 11.3 Å². The molecule has 0 saturated carbocycles. The van der Waals surface area contributed by atoms with E-state index in [9.17, 15) is 9.90 Å². The Balaban J connectivity index is 1.55. The molecule has 0 spiro atoms. The van der Waals surface area contributed by atoms with Gasteiger partial charge in [-0.05, 0) is 24.1 Å². The lowest BCUT2D eigenvalue weighted by atomic mass is 10.0. The highest BCUT2D eigenvalue weighted by Gasteiger charge is 2.37. The van der Waals surface area contributed by atoms with Gasteiger partial charge in [-0.1, -0.05) is 12.1 Å². The van der Waals surface area contributed by atoms with Crippen molar-refractivity contribution < 1.29 is 19.4 Å². The number of nitrogens with zero attached hydrogens (tertiary/aromatic N) is 1. The second kappa shape index (κ2) is 8.00. The number of rotatable bonds is 6. The molecule has 2 aromatic rings. The summed E-state index contributed by atoms with van der Waals surface area (Å²) in [6.45, 7) is 0.653. The SMILES string of the molecule is COc1ccc(C[C@H]2NC[C@H](O)[C@H]2OC(=O)NCc2c[nH]cn2)cc1. The van der Waals surface area contributed by atoms with E-state index in [1.807, 2.05) is 24.3 Å². The van der Waals surface area contributed by atoms with Crippen molar-refractivity contribution in [2.24, 2.45) is 0 Å². The number of carbonyl (C=O) groups is 1. The van der Waals surface area contributed by atoms with Gasteiger partial charge in [-0.15, -0.1) is 0 Å². The summed E-state index contributed by atoms with van der Waals surface area (Å²) in [5.74, 6) is 0.786. The van der Waals surface area contributed by atoms with E-state index in [0.717, 1.165) is 11.3 Å². The van der Waals surface area contributed by atoms with Gasteiger partial charge in [0, 0.05) is 12.7 Å². The van der Waals surface area contributed by atoms with Gasteiger partial charge in [-0.2, -0.15) is 0 Å². The van der Waals surface area contributed by atoms with Gasteiger partial charge in [0.05, 0.1) is 31.7 Å². The van der Waals surface area contributed by atoms with Crippen LogP contribution in [0.5, 0.6) is 5.75 Å². The number of nitrogens with one attached hydrogen (secondary N) is 3. The number of amides is 1. The average Bonchev–Trinajstić information content (AvgIpc) is 3.26. The molecule has 3 atom stereocenters. The fourth-order valence-electron chi connectivity index (χ4n) is 2.85. The number of H-pyrrole nitrogens is 1. The lowest BCUT2D eigenvalue weighted by Gasteiger charge is -2.22. The van der Waals surface area contributed by atoms with Crippen LogP contribution in [-0.2, 0) is 17.7 Å². The molecule has 2 heterocycles. The zero-order chi connectivity index (χ0) is 17.6. The number of aromatic nitrogens is 2. The van der Waals surface area contributed by atoms with E-state index in [2.05, 4.69) is 20.6 Å². The number of methoxy groups -OCH3 is 1. The van der Waals surface area contributed by atoms with Crippen LogP contribution in [0, 0.1) is 0 Å². The number of aliphatic hydroxyl groups excluding tert-OH is 1. The van der Waals surface area contributed by atoms with Crippen molar-refractivity contribution in [3.05, 3.63) is 48.0 Å². The topological polar surface area (TPSA) is 108 Å². The third kappa shape index (κ3) is 4.49. The molecule has 1 saturated heterocycles. The van der Waals surface area contributed by atoms with Crippen molar-refractivity contribution in [3.8, 4) is 5.75 Å². The fourth-order valence-corrected chi connectivity index (χ4v) is 2.85. The Morgan fingerprint density at radius 3 is 2.88 bits per heavy atom.